The predicted octanol–water partition coefficient (Wildman–Crippen LogP) is 3.39. The van der Waals surface area contributed by atoms with Crippen molar-refractivity contribution in [1.29, 1.82) is 0 Å². The molecular weight excluding hydrogens is 281 g/mol. The Kier molecular flexibility index (Phi) is 4.40. The standard InChI is InChI=1S/C14H16FNO5/c1-8-2-4-9(5-3-8)21-13-7-11(15)10(14(17)18)6-12(13)16(19)20/h6-9H,2-5H2,1H3,(H,17,18). The summed E-state index contributed by atoms with van der Waals surface area (Å²) >= 11 is 0. The number of ether oxygens (including phenoxy) is 1. The zero-order valence-electron chi connectivity index (χ0n) is 11.5. The quantitative estimate of drug-likeness (QED) is 0.679. The van der Waals surface area contributed by atoms with Crippen LogP contribution in [0.1, 0.15) is 43.0 Å². The highest BCUT2D eigenvalue weighted by molar-refractivity contribution is 5.89. The van der Waals surface area contributed by atoms with E-state index in [2.05, 4.69) is 6.92 Å². The fourth-order valence-corrected chi connectivity index (χ4v) is 2.47. The maximum absolute atomic E-state index is 13.7. The number of hydrogen-bond donors (Lipinski definition) is 1. The summed E-state index contributed by atoms with van der Waals surface area (Å²) in [5, 5.41) is 19.8. The van der Waals surface area contributed by atoms with E-state index in [1.165, 1.54) is 0 Å². The van der Waals surface area contributed by atoms with Crippen LogP contribution >= 0.6 is 0 Å². The summed E-state index contributed by atoms with van der Waals surface area (Å²) in [5.74, 6) is -2.20. The molecule has 1 aromatic carbocycles. The van der Waals surface area contributed by atoms with Crippen molar-refractivity contribution in [1.82, 2.24) is 0 Å². The van der Waals surface area contributed by atoms with Gasteiger partial charge >= 0.3 is 11.7 Å². The first kappa shape index (κ1) is 15.2. The third-order valence-corrected chi connectivity index (χ3v) is 3.73. The second-order valence-corrected chi connectivity index (χ2v) is 5.36. The topological polar surface area (TPSA) is 89.7 Å². The summed E-state index contributed by atoms with van der Waals surface area (Å²) in [4.78, 5) is 21.1. The highest BCUT2D eigenvalue weighted by atomic mass is 19.1. The maximum atomic E-state index is 13.7. The summed E-state index contributed by atoms with van der Waals surface area (Å²) in [6.07, 6.45) is 3.21. The molecule has 1 aromatic rings. The average Bonchev–Trinajstić information content (AvgIpc) is 2.40. The summed E-state index contributed by atoms with van der Waals surface area (Å²) in [6.45, 7) is 2.12. The van der Waals surface area contributed by atoms with Gasteiger partial charge in [-0.05, 0) is 31.6 Å². The molecule has 7 heteroatoms. The first-order chi connectivity index (χ1) is 9.88. The van der Waals surface area contributed by atoms with Crippen LogP contribution in [0.2, 0.25) is 0 Å². The first-order valence-corrected chi connectivity index (χ1v) is 6.76. The lowest BCUT2D eigenvalue weighted by Crippen LogP contribution is -2.23. The maximum Gasteiger partial charge on any atom is 0.338 e. The van der Waals surface area contributed by atoms with Crippen LogP contribution in [0.15, 0.2) is 12.1 Å². The molecule has 0 spiro atoms. The minimum Gasteiger partial charge on any atom is -0.483 e. The van der Waals surface area contributed by atoms with E-state index >= 15 is 0 Å². The minimum absolute atomic E-state index is 0.199. The Labute approximate surface area is 120 Å². The summed E-state index contributed by atoms with van der Waals surface area (Å²) in [6, 6.07) is 1.50. The molecule has 0 atom stereocenters. The van der Waals surface area contributed by atoms with Crippen molar-refractivity contribution in [2.75, 3.05) is 0 Å². The second kappa shape index (κ2) is 6.07. The summed E-state index contributed by atoms with van der Waals surface area (Å²) in [5.41, 5.74) is -1.25. The average molecular weight is 297 g/mol. The zero-order valence-corrected chi connectivity index (χ0v) is 11.5. The second-order valence-electron chi connectivity index (χ2n) is 5.36. The van der Waals surface area contributed by atoms with Crippen molar-refractivity contribution in [3.8, 4) is 5.75 Å². The lowest BCUT2D eigenvalue weighted by Gasteiger charge is -2.26. The minimum atomic E-state index is -1.55. The van der Waals surface area contributed by atoms with Gasteiger partial charge in [-0.2, -0.15) is 0 Å². The van der Waals surface area contributed by atoms with E-state index in [9.17, 15) is 19.3 Å². The molecule has 1 N–H and O–H groups in total. The van der Waals surface area contributed by atoms with Gasteiger partial charge in [-0.1, -0.05) is 6.92 Å². The highest BCUT2D eigenvalue weighted by Crippen LogP contribution is 2.34. The molecule has 0 bridgehead atoms. The van der Waals surface area contributed by atoms with Crippen LogP contribution in [0.3, 0.4) is 0 Å². The van der Waals surface area contributed by atoms with Gasteiger partial charge in [0, 0.05) is 12.1 Å². The molecular formula is C14H16FNO5. The van der Waals surface area contributed by atoms with Gasteiger partial charge in [-0.25, -0.2) is 9.18 Å². The van der Waals surface area contributed by atoms with E-state index < -0.39 is 28.0 Å². The Morgan fingerprint density at radius 1 is 1.38 bits per heavy atom. The highest BCUT2D eigenvalue weighted by Gasteiger charge is 2.26. The molecule has 1 aliphatic rings. The molecule has 0 aliphatic heterocycles. The molecule has 0 amide bonds. The Morgan fingerprint density at radius 3 is 2.52 bits per heavy atom. The largest absolute Gasteiger partial charge is 0.483 e. The monoisotopic (exact) mass is 297 g/mol. The number of benzene rings is 1. The van der Waals surface area contributed by atoms with E-state index in [-0.39, 0.29) is 11.9 Å². The third-order valence-electron chi connectivity index (χ3n) is 3.73. The fourth-order valence-electron chi connectivity index (χ4n) is 2.47. The van der Waals surface area contributed by atoms with E-state index in [0.29, 0.717) is 12.0 Å². The van der Waals surface area contributed by atoms with Gasteiger partial charge in [0.05, 0.1) is 11.0 Å². The zero-order chi connectivity index (χ0) is 15.6. The van der Waals surface area contributed by atoms with Gasteiger partial charge < -0.3 is 9.84 Å². The molecule has 21 heavy (non-hydrogen) atoms. The first-order valence-electron chi connectivity index (χ1n) is 6.76. The molecule has 0 aromatic heterocycles. The van der Waals surface area contributed by atoms with Crippen LogP contribution in [0.25, 0.3) is 0 Å². The Bertz CT molecular complexity index is 567. The molecule has 0 heterocycles. The molecule has 114 valence electrons. The van der Waals surface area contributed by atoms with Crippen LogP contribution in [0.4, 0.5) is 10.1 Å². The van der Waals surface area contributed by atoms with Crippen LogP contribution in [0, 0.1) is 21.8 Å². The molecule has 1 saturated carbocycles. The van der Waals surface area contributed by atoms with Gasteiger partial charge in [-0.15, -0.1) is 0 Å². The molecule has 6 nitrogen and oxygen atoms in total. The third kappa shape index (κ3) is 3.48. The molecule has 2 rings (SSSR count). The number of hydrogen-bond acceptors (Lipinski definition) is 4. The summed E-state index contributed by atoms with van der Waals surface area (Å²) in [7, 11) is 0. The predicted molar refractivity (Wildman–Crippen MR) is 72.1 cm³/mol. The number of aromatic carboxylic acids is 1. The number of nitro benzene ring substituents is 1. The molecule has 0 radical (unpaired) electrons. The van der Waals surface area contributed by atoms with Crippen molar-refractivity contribution in [3.63, 3.8) is 0 Å². The van der Waals surface area contributed by atoms with Gasteiger partial charge in [0.1, 0.15) is 11.4 Å². The number of rotatable bonds is 4. The van der Waals surface area contributed by atoms with Gasteiger partial charge in [0.25, 0.3) is 0 Å². The number of carboxylic acids is 1. The molecule has 0 unspecified atom stereocenters. The lowest BCUT2D eigenvalue weighted by molar-refractivity contribution is -0.386. The lowest BCUT2D eigenvalue weighted by atomic mass is 9.89. The SMILES string of the molecule is CC1CCC(Oc2cc(F)c(C(=O)O)cc2[N+](=O)[O-])CC1. The molecule has 1 aliphatic carbocycles. The van der Waals surface area contributed by atoms with E-state index in [0.717, 1.165) is 31.7 Å². The van der Waals surface area contributed by atoms with E-state index in [1.807, 2.05) is 0 Å². The van der Waals surface area contributed by atoms with Crippen LogP contribution in [-0.4, -0.2) is 22.1 Å². The molecule has 1 fully saturated rings. The number of halogens is 1. The van der Waals surface area contributed by atoms with Gasteiger partial charge in [-0.3, -0.25) is 10.1 Å². The van der Waals surface area contributed by atoms with Crippen LogP contribution in [-0.2, 0) is 0 Å². The number of nitrogens with zero attached hydrogens (tertiary/aromatic N) is 1. The van der Waals surface area contributed by atoms with E-state index in [4.69, 9.17) is 9.84 Å². The van der Waals surface area contributed by atoms with Gasteiger partial charge in [0.2, 0.25) is 0 Å². The molecule has 0 saturated heterocycles. The van der Waals surface area contributed by atoms with Crippen molar-refractivity contribution >= 4 is 11.7 Å². The van der Waals surface area contributed by atoms with Crippen molar-refractivity contribution in [2.45, 2.75) is 38.7 Å². The van der Waals surface area contributed by atoms with Crippen molar-refractivity contribution in [2.24, 2.45) is 5.92 Å². The fraction of sp³-hybridized carbons (Fsp3) is 0.500. The number of carbonyl (C=O) groups is 1. The normalized spacial score (nSPS) is 21.8. The summed E-state index contributed by atoms with van der Waals surface area (Å²) < 4.78 is 19.2. The van der Waals surface area contributed by atoms with E-state index in [1.54, 1.807) is 0 Å². The Balaban J connectivity index is 2.27. The van der Waals surface area contributed by atoms with Crippen LogP contribution in [0.5, 0.6) is 5.75 Å². The number of carboxylic acid groups (broad SMARTS) is 1. The van der Waals surface area contributed by atoms with Gasteiger partial charge in [0.15, 0.2) is 5.75 Å². The van der Waals surface area contributed by atoms with Crippen molar-refractivity contribution in [3.05, 3.63) is 33.6 Å². The van der Waals surface area contributed by atoms with Crippen molar-refractivity contribution < 1.29 is 24.0 Å². The Hall–Kier alpha value is -2.18. The van der Waals surface area contributed by atoms with Crippen LogP contribution < -0.4 is 4.74 Å². The number of nitro groups is 1. The Morgan fingerprint density at radius 2 is 2.00 bits per heavy atom. The smallest absolute Gasteiger partial charge is 0.338 e.